The number of rotatable bonds is 9. The highest BCUT2D eigenvalue weighted by Crippen LogP contribution is 2.34. The van der Waals surface area contributed by atoms with Gasteiger partial charge in [0.2, 0.25) is 5.91 Å². The Morgan fingerprint density at radius 1 is 1.17 bits per heavy atom. The molecule has 1 N–H and O–H groups in total. The number of aliphatic hydroxyl groups is 1. The molecule has 1 amide bonds. The molecule has 0 aliphatic heterocycles. The van der Waals surface area contributed by atoms with Gasteiger partial charge in [-0.05, 0) is 35.8 Å². The lowest BCUT2D eigenvalue weighted by Crippen LogP contribution is -2.44. The zero-order valence-electron chi connectivity index (χ0n) is 18.8. The van der Waals surface area contributed by atoms with Crippen LogP contribution in [0.4, 0.5) is 5.69 Å². The Hall–Kier alpha value is -1.43. The Labute approximate surface area is 176 Å². The van der Waals surface area contributed by atoms with Crippen molar-refractivity contribution in [2.75, 3.05) is 32.0 Å². The Kier molecular flexibility index (Phi) is 9.12. The maximum Gasteiger partial charge on any atom is 0.234 e. The van der Waals surface area contributed by atoms with E-state index in [-0.39, 0.29) is 24.0 Å². The van der Waals surface area contributed by atoms with Crippen molar-refractivity contribution in [2.24, 2.45) is 11.8 Å². The molecule has 0 bridgehead atoms. The lowest BCUT2D eigenvalue weighted by Gasteiger charge is -2.35. The van der Waals surface area contributed by atoms with Crippen LogP contribution in [0, 0.1) is 11.8 Å². The summed E-state index contributed by atoms with van der Waals surface area (Å²) in [6.45, 7) is 9.31. The molecule has 0 aromatic heterocycles. The van der Waals surface area contributed by atoms with Gasteiger partial charge >= 0.3 is 0 Å². The fraction of sp³-hybridized carbons (Fsp3) is 0.708. The van der Waals surface area contributed by atoms with Crippen molar-refractivity contribution >= 4 is 11.6 Å². The van der Waals surface area contributed by atoms with E-state index in [1.807, 2.05) is 25.1 Å². The molecule has 2 atom stereocenters. The molecule has 164 valence electrons. The number of nitrogens with zero attached hydrogens (tertiary/aromatic N) is 1. The van der Waals surface area contributed by atoms with Gasteiger partial charge in [-0.1, -0.05) is 65.2 Å². The first kappa shape index (κ1) is 23.8. The lowest BCUT2D eigenvalue weighted by molar-refractivity contribution is -0.128. The Bertz CT molecular complexity index is 634. The fourth-order valence-corrected chi connectivity index (χ4v) is 4.17. The van der Waals surface area contributed by atoms with Gasteiger partial charge in [-0.3, -0.25) is 9.69 Å². The Morgan fingerprint density at radius 2 is 1.83 bits per heavy atom. The van der Waals surface area contributed by atoms with E-state index in [0.29, 0.717) is 13.2 Å². The van der Waals surface area contributed by atoms with Crippen molar-refractivity contribution in [1.82, 2.24) is 0 Å². The second kappa shape index (κ2) is 11.1. The van der Waals surface area contributed by atoms with Crippen molar-refractivity contribution in [2.45, 2.75) is 71.3 Å². The number of anilines is 1. The van der Waals surface area contributed by atoms with Crippen LogP contribution in [0.3, 0.4) is 0 Å². The van der Waals surface area contributed by atoms with E-state index in [2.05, 4.69) is 26.8 Å². The fourth-order valence-electron chi connectivity index (χ4n) is 4.17. The Balaban J connectivity index is 2.26. The maximum atomic E-state index is 13.5. The molecule has 5 nitrogen and oxygen atoms in total. The minimum Gasteiger partial charge on any atom is -0.392 e. The van der Waals surface area contributed by atoms with E-state index in [4.69, 9.17) is 9.47 Å². The summed E-state index contributed by atoms with van der Waals surface area (Å²) in [5, 5.41) is 10.9. The summed E-state index contributed by atoms with van der Waals surface area (Å²) in [7, 11) is 1.63. The molecule has 1 aromatic rings. The molecule has 0 spiro atoms. The van der Waals surface area contributed by atoms with Gasteiger partial charge < -0.3 is 14.6 Å². The molecule has 2 rings (SSSR count). The first-order chi connectivity index (χ1) is 13.8. The molecule has 1 fully saturated rings. The predicted molar refractivity (Wildman–Crippen MR) is 117 cm³/mol. The normalized spacial score (nSPS) is 17.7. The summed E-state index contributed by atoms with van der Waals surface area (Å²) in [6.07, 6.45) is 4.89. The number of methoxy groups -OCH3 is 1. The van der Waals surface area contributed by atoms with Crippen LogP contribution in [0.5, 0.6) is 0 Å². The third-order valence-corrected chi connectivity index (χ3v) is 5.96. The first-order valence-electron chi connectivity index (χ1n) is 10.9. The molecule has 1 aliphatic rings. The van der Waals surface area contributed by atoms with Gasteiger partial charge in [0.1, 0.15) is 6.73 Å². The maximum absolute atomic E-state index is 13.5. The van der Waals surface area contributed by atoms with Crippen LogP contribution in [0.1, 0.15) is 65.4 Å². The van der Waals surface area contributed by atoms with Crippen molar-refractivity contribution in [1.29, 1.82) is 0 Å². The molecule has 1 saturated carbocycles. The lowest BCUT2D eigenvalue weighted by atomic mass is 9.80. The van der Waals surface area contributed by atoms with Crippen LogP contribution in [-0.4, -0.2) is 44.2 Å². The second-order valence-electron chi connectivity index (χ2n) is 9.24. The topological polar surface area (TPSA) is 59.0 Å². The quantitative estimate of drug-likeness (QED) is 0.485. The van der Waals surface area contributed by atoms with Gasteiger partial charge in [0, 0.05) is 12.8 Å². The van der Waals surface area contributed by atoms with Gasteiger partial charge in [-0.2, -0.15) is 0 Å². The highest BCUT2D eigenvalue weighted by Gasteiger charge is 2.34. The van der Waals surface area contributed by atoms with Crippen molar-refractivity contribution < 1.29 is 19.4 Å². The third-order valence-electron chi connectivity index (χ3n) is 5.96. The zero-order chi connectivity index (χ0) is 21.4. The van der Waals surface area contributed by atoms with E-state index in [1.54, 1.807) is 12.0 Å². The van der Waals surface area contributed by atoms with Crippen molar-refractivity contribution in [3.05, 3.63) is 29.8 Å². The number of hydrogen-bond donors (Lipinski definition) is 1. The monoisotopic (exact) mass is 405 g/mol. The van der Waals surface area contributed by atoms with E-state index in [9.17, 15) is 9.90 Å². The van der Waals surface area contributed by atoms with Gasteiger partial charge in [0.05, 0.1) is 25.2 Å². The van der Waals surface area contributed by atoms with Gasteiger partial charge in [-0.25, -0.2) is 0 Å². The molecule has 29 heavy (non-hydrogen) atoms. The highest BCUT2D eigenvalue weighted by molar-refractivity contribution is 5.96. The molecular weight excluding hydrogens is 366 g/mol. The third kappa shape index (κ3) is 6.53. The molecular formula is C24H39NO4. The molecule has 1 aliphatic carbocycles. The van der Waals surface area contributed by atoms with Gasteiger partial charge in [-0.15, -0.1) is 0 Å². The number of carbonyl (C=O) groups excluding carboxylic acids is 1. The molecule has 0 heterocycles. The first-order valence-corrected chi connectivity index (χ1v) is 10.9. The number of aliphatic hydroxyl groups excluding tert-OH is 1. The van der Waals surface area contributed by atoms with E-state index < -0.39 is 12.0 Å². The average molecular weight is 406 g/mol. The molecule has 1 aromatic carbocycles. The standard InChI is InChI=1S/C24H39NO4/c1-18(22(26)19-11-7-6-8-12-19)23(27)25(17-29-16-15-28-5)21-14-10-9-13-20(21)24(2,3)4/h9-10,13-14,18-19,22,26H,6-8,11-12,15-17H2,1-5H3/t18-,22+/m1/s1. The SMILES string of the molecule is COCCOCN(C(=O)[C@H](C)[C@H](O)C1CCCCC1)c1ccccc1C(C)(C)C. The minimum absolute atomic E-state index is 0.0859. The zero-order valence-corrected chi connectivity index (χ0v) is 18.8. The number of amides is 1. The summed E-state index contributed by atoms with van der Waals surface area (Å²) in [5.74, 6) is -0.355. The second-order valence-corrected chi connectivity index (χ2v) is 9.24. The summed E-state index contributed by atoms with van der Waals surface area (Å²) in [4.78, 5) is 15.2. The van der Waals surface area contributed by atoms with Crippen LogP contribution in [0.15, 0.2) is 24.3 Å². The number of hydrogen-bond acceptors (Lipinski definition) is 4. The summed E-state index contributed by atoms with van der Waals surface area (Å²) >= 11 is 0. The minimum atomic E-state index is -0.619. The van der Waals surface area contributed by atoms with E-state index in [0.717, 1.165) is 36.9 Å². The molecule has 5 heteroatoms. The number of carbonyl (C=O) groups is 1. The van der Waals surface area contributed by atoms with Crippen LogP contribution in [0.25, 0.3) is 0 Å². The smallest absolute Gasteiger partial charge is 0.234 e. The summed E-state index contributed by atoms with van der Waals surface area (Å²) < 4.78 is 10.8. The molecule has 0 radical (unpaired) electrons. The molecule has 0 saturated heterocycles. The molecule has 0 unspecified atom stereocenters. The highest BCUT2D eigenvalue weighted by atomic mass is 16.5. The van der Waals surface area contributed by atoms with Crippen molar-refractivity contribution in [3.63, 3.8) is 0 Å². The van der Waals surface area contributed by atoms with Crippen LogP contribution < -0.4 is 4.90 Å². The summed E-state index contributed by atoms with van der Waals surface area (Å²) in [5.41, 5.74) is 1.82. The largest absolute Gasteiger partial charge is 0.392 e. The number of ether oxygens (including phenoxy) is 2. The van der Waals surface area contributed by atoms with Crippen LogP contribution in [0.2, 0.25) is 0 Å². The number of para-hydroxylation sites is 1. The van der Waals surface area contributed by atoms with Crippen LogP contribution in [-0.2, 0) is 19.7 Å². The Morgan fingerprint density at radius 3 is 2.45 bits per heavy atom. The number of benzene rings is 1. The van der Waals surface area contributed by atoms with Crippen LogP contribution >= 0.6 is 0 Å². The van der Waals surface area contributed by atoms with Gasteiger partial charge in [0.25, 0.3) is 0 Å². The van der Waals surface area contributed by atoms with Gasteiger partial charge in [0.15, 0.2) is 0 Å². The predicted octanol–water partition coefficient (Wildman–Crippen LogP) is 4.51. The van der Waals surface area contributed by atoms with E-state index in [1.165, 1.54) is 6.42 Å². The van der Waals surface area contributed by atoms with Crippen molar-refractivity contribution in [3.8, 4) is 0 Å². The average Bonchev–Trinajstić information content (AvgIpc) is 2.72. The van der Waals surface area contributed by atoms with E-state index >= 15 is 0 Å². The summed E-state index contributed by atoms with van der Waals surface area (Å²) in [6, 6.07) is 7.98.